The molecule has 6 heteroatoms. The predicted octanol–water partition coefficient (Wildman–Crippen LogP) is 2.64. The number of aromatic carboxylic acids is 1. The number of rotatable bonds is 7. The van der Waals surface area contributed by atoms with Crippen molar-refractivity contribution < 1.29 is 14.7 Å². The second-order valence-corrected chi connectivity index (χ2v) is 7.29. The molecular formula is C19H29N3O3. The maximum Gasteiger partial charge on any atom is 0.335 e. The van der Waals surface area contributed by atoms with Crippen LogP contribution in [0.25, 0.3) is 0 Å². The number of piperidine rings is 1. The van der Waals surface area contributed by atoms with Crippen LogP contribution in [-0.4, -0.2) is 57.9 Å². The highest BCUT2D eigenvalue weighted by molar-refractivity contribution is 5.87. The number of carbonyl (C=O) groups is 2. The first-order chi connectivity index (χ1) is 11.9. The number of likely N-dealkylation sites (N-methyl/N-ethyl adjacent to an activating group) is 1. The van der Waals surface area contributed by atoms with Crippen LogP contribution in [0.1, 0.15) is 55.6 Å². The van der Waals surface area contributed by atoms with Crippen LogP contribution in [0, 0.1) is 5.92 Å². The van der Waals surface area contributed by atoms with E-state index in [0.29, 0.717) is 18.2 Å². The summed E-state index contributed by atoms with van der Waals surface area (Å²) in [5.74, 6) is -0.376. The summed E-state index contributed by atoms with van der Waals surface area (Å²) in [7, 11) is 1.92. The minimum absolute atomic E-state index is 0.185. The summed E-state index contributed by atoms with van der Waals surface area (Å²) in [5, 5.41) is 9.13. The molecule has 1 saturated heterocycles. The SMILES string of the molecule is CC(C)CC(C(=O)N1CCCCC1)N(C)Cc1cc(C(=O)O)ccn1. The fourth-order valence-corrected chi connectivity index (χ4v) is 3.30. The summed E-state index contributed by atoms with van der Waals surface area (Å²) in [5.41, 5.74) is 0.892. The van der Waals surface area contributed by atoms with E-state index in [-0.39, 0.29) is 17.5 Å². The highest BCUT2D eigenvalue weighted by atomic mass is 16.4. The molecule has 138 valence electrons. The molecule has 25 heavy (non-hydrogen) atoms. The summed E-state index contributed by atoms with van der Waals surface area (Å²) >= 11 is 0. The summed E-state index contributed by atoms with van der Waals surface area (Å²) in [6, 6.07) is 2.86. The molecule has 1 aliphatic rings. The van der Waals surface area contributed by atoms with Gasteiger partial charge in [0.25, 0.3) is 0 Å². The van der Waals surface area contributed by atoms with E-state index in [1.165, 1.54) is 18.7 Å². The quantitative estimate of drug-likeness (QED) is 0.821. The van der Waals surface area contributed by atoms with Crippen molar-refractivity contribution in [2.24, 2.45) is 5.92 Å². The Morgan fingerprint density at radius 1 is 1.28 bits per heavy atom. The monoisotopic (exact) mass is 347 g/mol. The van der Waals surface area contributed by atoms with Gasteiger partial charge in [-0.15, -0.1) is 0 Å². The number of carbonyl (C=O) groups excluding carboxylic acids is 1. The van der Waals surface area contributed by atoms with Crippen LogP contribution >= 0.6 is 0 Å². The first kappa shape index (κ1) is 19.4. The Bertz CT molecular complexity index is 597. The summed E-state index contributed by atoms with van der Waals surface area (Å²) in [6.45, 7) is 6.38. The van der Waals surface area contributed by atoms with E-state index in [9.17, 15) is 9.59 Å². The Morgan fingerprint density at radius 3 is 2.56 bits per heavy atom. The number of likely N-dealkylation sites (tertiary alicyclic amines) is 1. The van der Waals surface area contributed by atoms with Gasteiger partial charge in [-0.1, -0.05) is 13.8 Å². The highest BCUT2D eigenvalue weighted by Gasteiger charge is 2.29. The fraction of sp³-hybridized carbons (Fsp3) is 0.632. The van der Waals surface area contributed by atoms with Crippen molar-refractivity contribution in [3.63, 3.8) is 0 Å². The lowest BCUT2D eigenvalue weighted by Crippen LogP contribution is -2.49. The van der Waals surface area contributed by atoms with Crippen molar-refractivity contribution in [2.45, 2.75) is 52.1 Å². The van der Waals surface area contributed by atoms with Crippen LogP contribution in [0.3, 0.4) is 0 Å². The Morgan fingerprint density at radius 2 is 1.96 bits per heavy atom. The van der Waals surface area contributed by atoms with Crippen molar-refractivity contribution in [1.29, 1.82) is 0 Å². The molecule has 1 unspecified atom stereocenters. The average molecular weight is 347 g/mol. The minimum Gasteiger partial charge on any atom is -0.478 e. The molecule has 0 spiro atoms. The Balaban J connectivity index is 2.11. The zero-order valence-corrected chi connectivity index (χ0v) is 15.4. The molecule has 1 atom stereocenters. The Kier molecular flexibility index (Phi) is 6.93. The van der Waals surface area contributed by atoms with Crippen LogP contribution in [0.15, 0.2) is 18.3 Å². The van der Waals surface area contributed by atoms with Crippen molar-refractivity contribution in [3.8, 4) is 0 Å². The first-order valence-electron chi connectivity index (χ1n) is 9.05. The van der Waals surface area contributed by atoms with Gasteiger partial charge in [0.1, 0.15) is 0 Å². The predicted molar refractivity (Wildman–Crippen MR) is 96.3 cm³/mol. The van der Waals surface area contributed by atoms with E-state index in [0.717, 1.165) is 32.4 Å². The maximum absolute atomic E-state index is 13.0. The third-order valence-corrected chi connectivity index (χ3v) is 4.65. The molecule has 0 bridgehead atoms. The standard InChI is InChI=1S/C19H29N3O3/c1-14(2)11-17(18(23)22-9-5-4-6-10-22)21(3)13-16-12-15(19(24)25)7-8-20-16/h7-8,12,14,17H,4-6,9-11,13H2,1-3H3,(H,24,25). The van der Waals surface area contributed by atoms with Gasteiger partial charge < -0.3 is 10.0 Å². The van der Waals surface area contributed by atoms with Gasteiger partial charge in [-0.3, -0.25) is 14.7 Å². The molecule has 0 saturated carbocycles. The lowest BCUT2D eigenvalue weighted by molar-refractivity contribution is -0.138. The number of nitrogens with zero attached hydrogens (tertiary/aromatic N) is 3. The van der Waals surface area contributed by atoms with E-state index in [1.807, 2.05) is 16.8 Å². The Hall–Kier alpha value is -1.95. The molecule has 2 rings (SSSR count). The molecule has 1 aromatic rings. The van der Waals surface area contributed by atoms with Crippen LogP contribution in [0.5, 0.6) is 0 Å². The van der Waals surface area contributed by atoms with E-state index in [1.54, 1.807) is 6.07 Å². The average Bonchev–Trinajstić information content (AvgIpc) is 2.59. The zero-order valence-electron chi connectivity index (χ0n) is 15.4. The number of hydrogen-bond acceptors (Lipinski definition) is 4. The highest BCUT2D eigenvalue weighted by Crippen LogP contribution is 2.18. The molecule has 1 N–H and O–H groups in total. The molecule has 1 amide bonds. The van der Waals surface area contributed by atoms with Gasteiger partial charge in [-0.25, -0.2) is 4.79 Å². The second-order valence-electron chi connectivity index (χ2n) is 7.29. The van der Waals surface area contributed by atoms with Gasteiger partial charge in [0, 0.05) is 25.8 Å². The molecular weight excluding hydrogens is 318 g/mol. The van der Waals surface area contributed by atoms with E-state index in [2.05, 4.69) is 18.8 Å². The molecule has 1 fully saturated rings. The molecule has 2 heterocycles. The number of carboxylic acids is 1. The summed E-state index contributed by atoms with van der Waals surface area (Å²) < 4.78 is 0. The van der Waals surface area contributed by atoms with Gasteiger partial charge in [0.05, 0.1) is 17.3 Å². The fourth-order valence-electron chi connectivity index (χ4n) is 3.30. The minimum atomic E-state index is -0.963. The normalized spacial score (nSPS) is 16.3. The number of amides is 1. The van der Waals surface area contributed by atoms with Crippen LogP contribution in [0.2, 0.25) is 0 Å². The van der Waals surface area contributed by atoms with Crippen molar-refractivity contribution in [1.82, 2.24) is 14.8 Å². The maximum atomic E-state index is 13.0. The number of aromatic nitrogens is 1. The molecule has 6 nitrogen and oxygen atoms in total. The second kappa shape index (κ2) is 8.94. The molecule has 1 aliphatic heterocycles. The van der Waals surface area contributed by atoms with E-state index >= 15 is 0 Å². The van der Waals surface area contributed by atoms with Crippen LogP contribution in [-0.2, 0) is 11.3 Å². The lowest BCUT2D eigenvalue weighted by atomic mass is 10.00. The molecule has 0 radical (unpaired) electrons. The van der Waals surface area contributed by atoms with Gasteiger partial charge in [0.2, 0.25) is 5.91 Å². The largest absolute Gasteiger partial charge is 0.478 e. The third-order valence-electron chi connectivity index (χ3n) is 4.65. The molecule has 1 aromatic heterocycles. The van der Waals surface area contributed by atoms with Crippen LogP contribution in [0.4, 0.5) is 0 Å². The topological polar surface area (TPSA) is 73.7 Å². The molecule has 0 aliphatic carbocycles. The Labute approximate surface area is 149 Å². The van der Waals surface area contributed by atoms with E-state index < -0.39 is 5.97 Å². The number of carboxylic acid groups (broad SMARTS) is 1. The zero-order chi connectivity index (χ0) is 18.4. The molecule has 0 aromatic carbocycles. The van der Waals surface area contributed by atoms with Crippen molar-refractivity contribution >= 4 is 11.9 Å². The van der Waals surface area contributed by atoms with Gasteiger partial charge >= 0.3 is 5.97 Å². The smallest absolute Gasteiger partial charge is 0.335 e. The van der Waals surface area contributed by atoms with Crippen molar-refractivity contribution in [3.05, 3.63) is 29.6 Å². The van der Waals surface area contributed by atoms with Crippen molar-refractivity contribution in [2.75, 3.05) is 20.1 Å². The number of hydrogen-bond donors (Lipinski definition) is 1. The number of pyridine rings is 1. The van der Waals surface area contributed by atoms with Crippen LogP contribution < -0.4 is 0 Å². The van der Waals surface area contributed by atoms with E-state index in [4.69, 9.17) is 5.11 Å². The summed E-state index contributed by atoms with van der Waals surface area (Å²) in [4.78, 5) is 32.4. The summed E-state index contributed by atoms with van der Waals surface area (Å²) in [6.07, 6.45) is 5.64. The van der Waals surface area contributed by atoms with Gasteiger partial charge in [0.15, 0.2) is 0 Å². The van der Waals surface area contributed by atoms with Gasteiger partial charge in [-0.2, -0.15) is 0 Å². The lowest BCUT2D eigenvalue weighted by Gasteiger charge is -2.35. The van der Waals surface area contributed by atoms with Gasteiger partial charge in [-0.05, 0) is 50.8 Å². The first-order valence-corrected chi connectivity index (χ1v) is 9.05. The third kappa shape index (κ3) is 5.53.